The number of nitrogens with zero attached hydrogens (tertiary/aromatic N) is 1. The highest BCUT2D eigenvalue weighted by molar-refractivity contribution is 5.85. The summed E-state index contributed by atoms with van der Waals surface area (Å²) in [4.78, 5) is 2.42. The molecule has 1 fully saturated rings. The van der Waals surface area contributed by atoms with Crippen molar-refractivity contribution in [1.82, 2.24) is 4.90 Å². The van der Waals surface area contributed by atoms with Gasteiger partial charge in [0.25, 0.3) is 0 Å². The normalized spacial score (nSPS) is 17.1. The lowest BCUT2D eigenvalue weighted by Gasteiger charge is -2.26. The molecule has 1 saturated heterocycles. The van der Waals surface area contributed by atoms with E-state index >= 15 is 0 Å². The van der Waals surface area contributed by atoms with Crippen molar-refractivity contribution >= 4 is 12.4 Å². The zero-order chi connectivity index (χ0) is 9.80. The minimum atomic E-state index is 0. The van der Waals surface area contributed by atoms with Gasteiger partial charge in [0.05, 0.1) is 0 Å². The Hall–Kier alpha value is -0.730. The van der Waals surface area contributed by atoms with Gasteiger partial charge in [-0.3, -0.25) is 4.90 Å². The summed E-state index contributed by atoms with van der Waals surface area (Å²) in [5.41, 5.74) is 1.05. The molecule has 0 bridgehead atoms. The van der Waals surface area contributed by atoms with Gasteiger partial charge in [0.2, 0.25) is 0 Å². The highest BCUT2D eigenvalue weighted by atomic mass is 35.5. The molecule has 0 amide bonds. The van der Waals surface area contributed by atoms with E-state index in [1.807, 2.05) is 18.2 Å². The second-order valence-electron chi connectivity index (χ2n) is 3.97. The van der Waals surface area contributed by atoms with Gasteiger partial charge in [0, 0.05) is 12.1 Å². The molecule has 3 heteroatoms. The lowest BCUT2D eigenvalue weighted by molar-refractivity contribution is 0.218. The van der Waals surface area contributed by atoms with Crippen molar-refractivity contribution in [3.05, 3.63) is 29.8 Å². The summed E-state index contributed by atoms with van der Waals surface area (Å²) in [5.74, 6) is 0.429. The molecule has 0 atom stereocenters. The van der Waals surface area contributed by atoms with Crippen LogP contribution < -0.4 is 0 Å². The molecule has 0 spiro atoms. The standard InChI is InChI=1S/C12H17NO.ClH/c14-12-7-3-2-6-11(12)10-13-8-4-1-5-9-13;/h2-3,6-7,14H,1,4-5,8-10H2;1H. The molecule has 0 aliphatic carbocycles. The number of benzene rings is 1. The third kappa shape index (κ3) is 3.40. The summed E-state index contributed by atoms with van der Waals surface area (Å²) in [6.45, 7) is 3.25. The van der Waals surface area contributed by atoms with Crippen LogP contribution in [0.4, 0.5) is 0 Å². The largest absolute Gasteiger partial charge is 0.508 e. The fourth-order valence-corrected chi connectivity index (χ4v) is 2.00. The number of rotatable bonds is 2. The van der Waals surface area contributed by atoms with Crippen LogP contribution in [0.5, 0.6) is 5.75 Å². The number of aromatic hydroxyl groups is 1. The van der Waals surface area contributed by atoms with Gasteiger partial charge in [-0.05, 0) is 32.0 Å². The summed E-state index contributed by atoms with van der Waals surface area (Å²) in [6.07, 6.45) is 3.96. The first-order valence-corrected chi connectivity index (χ1v) is 5.35. The van der Waals surface area contributed by atoms with Crippen LogP contribution in [0, 0.1) is 0 Å². The van der Waals surface area contributed by atoms with E-state index in [0.717, 1.165) is 12.1 Å². The van der Waals surface area contributed by atoms with Crippen LogP contribution in [0.1, 0.15) is 24.8 Å². The number of hydrogen-bond acceptors (Lipinski definition) is 2. The molecule has 1 aromatic rings. The van der Waals surface area contributed by atoms with Crippen LogP contribution in [0.3, 0.4) is 0 Å². The number of phenolic OH excluding ortho intramolecular Hbond substituents is 1. The highest BCUT2D eigenvalue weighted by Gasteiger charge is 2.11. The predicted octanol–water partition coefficient (Wildman–Crippen LogP) is 2.80. The lowest BCUT2D eigenvalue weighted by atomic mass is 10.1. The molecule has 2 rings (SSSR count). The Balaban J connectivity index is 0.00000112. The molecule has 15 heavy (non-hydrogen) atoms. The molecule has 0 unspecified atom stereocenters. The molecule has 0 saturated carbocycles. The summed E-state index contributed by atoms with van der Waals surface area (Å²) in [7, 11) is 0. The van der Waals surface area contributed by atoms with Gasteiger partial charge in [0.15, 0.2) is 0 Å². The smallest absolute Gasteiger partial charge is 0.120 e. The van der Waals surface area contributed by atoms with E-state index in [4.69, 9.17) is 0 Å². The summed E-state index contributed by atoms with van der Waals surface area (Å²) >= 11 is 0. The van der Waals surface area contributed by atoms with E-state index in [-0.39, 0.29) is 12.4 Å². The number of piperidine rings is 1. The Labute approximate surface area is 97.3 Å². The summed E-state index contributed by atoms with van der Waals surface area (Å²) < 4.78 is 0. The SMILES string of the molecule is Cl.Oc1ccccc1CN1CCCCC1. The van der Waals surface area contributed by atoms with E-state index in [2.05, 4.69) is 4.90 Å². The number of phenols is 1. The van der Waals surface area contributed by atoms with Gasteiger partial charge in [-0.25, -0.2) is 0 Å². The van der Waals surface area contributed by atoms with E-state index in [1.54, 1.807) is 6.07 Å². The van der Waals surface area contributed by atoms with Crippen LogP contribution in [-0.2, 0) is 6.54 Å². The van der Waals surface area contributed by atoms with E-state index in [0.29, 0.717) is 5.75 Å². The Morgan fingerprint density at radius 1 is 1.07 bits per heavy atom. The first kappa shape index (κ1) is 12.3. The van der Waals surface area contributed by atoms with Crippen molar-refractivity contribution in [2.45, 2.75) is 25.8 Å². The van der Waals surface area contributed by atoms with E-state index < -0.39 is 0 Å². The van der Waals surface area contributed by atoms with Gasteiger partial charge in [0.1, 0.15) is 5.75 Å². The summed E-state index contributed by atoms with van der Waals surface area (Å²) in [5, 5.41) is 9.61. The Bertz CT molecular complexity index is 297. The Kier molecular flexibility index (Phi) is 4.92. The van der Waals surface area contributed by atoms with Crippen molar-refractivity contribution in [1.29, 1.82) is 0 Å². The minimum absolute atomic E-state index is 0. The van der Waals surface area contributed by atoms with Gasteiger partial charge < -0.3 is 5.11 Å². The molecule has 84 valence electrons. The maximum Gasteiger partial charge on any atom is 0.120 e. The third-order valence-corrected chi connectivity index (χ3v) is 2.83. The van der Waals surface area contributed by atoms with Crippen molar-refractivity contribution in [3.63, 3.8) is 0 Å². The number of halogens is 1. The number of para-hydroxylation sites is 1. The molecule has 1 heterocycles. The highest BCUT2D eigenvalue weighted by Crippen LogP contribution is 2.19. The maximum atomic E-state index is 9.61. The molecule has 1 aliphatic rings. The number of likely N-dealkylation sites (tertiary alicyclic amines) is 1. The maximum absolute atomic E-state index is 9.61. The average Bonchev–Trinajstić information content (AvgIpc) is 2.23. The van der Waals surface area contributed by atoms with E-state index in [9.17, 15) is 5.11 Å². The summed E-state index contributed by atoms with van der Waals surface area (Å²) in [6, 6.07) is 7.62. The topological polar surface area (TPSA) is 23.5 Å². The molecule has 1 N–H and O–H groups in total. The molecular formula is C12H18ClNO. The minimum Gasteiger partial charge on any atom is -0.508 e. The van der Waals surface area contributed by atoms with Crippen molar-refractivity contribution in [2.24, 2.45) is 0 Å². The molecule has 0 radical (unpaired) electrons. The molecular weight excluding hydrogens is 210 g/mol. The van der Waals surface area contributed by atoms with E-state index in [1.165, 1.54) is 32.4 Å². The van der Waals surface area contributed by atoms with Crippen molar-refractivity contribution in [2.75, 3.05) is 13.1 Å². The van der Waals surface area contributed by atoms with Gasteiger partial charge in [-0.2, -0.15) is 0 Å². The second-order valence-corrected chi connectivity index (χ2v) is 3.97. The average molecular weight is 228 g/mol. The first-order valence-electron chi connectivity index (χ1n) is 5.35. The first-order chi connectivity index (χ1) is 6.86. The Morgan fingerprint density at radius 3 is 2.40 bits per heavy atom. The fraction of sp³-hybridized carbons (Fsp3) is 0.500. The second kappa shape index (κ2) is 5.99. The Morgan fingerprint density at radius 2 is 1.73 bits per heavy atom. The zero-order valence-corrected chi connectivity index (χ0v) is 9.67. The lowest BCUT2D eigenvalue weighted by Crippen LogP contribution is -2.29. The van der Waals surface area contributed by atoms with Crippen LogP contribution in [-0.4, -0.2) is 23.1 Å². The molecule has 1 aliphatic heterocycles. The number of hydrogen-bond donors (Lipinski definition) is 1. The quantitative estimate of drug-likeness (QED) is 0.840. The van der Waals surface area contributed by atoms with Crippen LogP contribution in [0.2, 0.25) is 0 Å². The molecule has 0 aromatic heterocycles. The van der Waals surface area contributed by atoms with Crippen LogP contribution in [0.25, 0.3) is 0 Å². The van der Waals surface area contributed by atoms with Gasteiger partial charge in [-0.1, -0.05) is 24.6 Å². The van der Waals surface area contributed by atoms with Crippen LogP contribution in [0.15, 0.2) is 24.3 Å². The zero-order valence-electron chi connectivity index (χ0n) is 8.85. The van der Waals surface area contributed by atoms with Crippen molar-refractivity contribution < 1.29 is 5.11 Å². The monoisotopic (exact) mass is 227 g/mol. The van der Waals surface area contributed by atoms with Crippen molar-refractivity contribution in [3.8, 4) is 5.75 Å². The molecule has 2 nitrogen and oxygen atoms in total. The molecule has 1 aromatic carbocycles. The predicted molar refractivity (Wildman–Crippen MR) is 64.5 cm³/mol. The fourth-order valence-electron chi connectivity index (χ4n) is 2.00. The van der Waals surface area contributed by atoms with Gasteiger partial charge >= 0.3 is 0 Å². The van der Waals surface area contributed by atoms with Crippen LogP contribution >= 0.6 is 12.4 Å². The van der Waals surface area contributed by atoms with Gasteiger partial charge in [-0.15, -0.1) is 12.4 Å². The third-order valence-electron chi connectivity index (χ3n) is 2.83.